The summed E-state index contributed by atoms with van der Waals surface area (Å²) in [4.78, 5) is 0. The molecule has 1 N–H and O–H groups in total. The van der Waals surface area contributed by atoms with Gasteiger partial charge in [0.2, 0.25) is 0 Å². The molecule has 18 heavy (non-hydrogen) atoms. The highest BCUT2D eigenvalue weighted by Gasteiger charge is 2.21. The monoisotopic (exact) mass is 373 g/mol. The molecule has 1 aromatic carbocycles. The number of aryl methyl sites for hydroxylation is 1. The molecule has 0 saturated heterocycles. The largest absolute Gasteiger partial charge is 0.380 e. The molecule has 0 aromatic heterocycles. The Morgan fingerprint density at radius 2 is 1.67 bits per heavy atom. The molecule has 1 unspecified atom stereocenters. The van der Waals surface area contributed by atoms with Crippen molar-refractivity contribution in [2.24, 2.45) is 5.92 Å². The van der Waals surface area contributed by atoms with Crippen LogP contribution in [0.1, 0.15) is 44.6 Å². The molecule has 1 aromatic rings. The topological polar surface area (TPSA) is 12.0 Å². The fourth-order valence-electron chi connectivity index (χ4n) is 2.82. The van der Waals surface area contributed by atoms with E-state index in [1.54, 1.807) is 0 Å². The average molecular weight is 375 g/mol. The van der Waals surface area contributed by atoms with E-state index in [9.17, 15) is 0 Å². The number of hydrogen-bond acceptors (Lipinski definition) is 1. The number of rotatable bonds is 3. The predicted octanol–water partition coefficient (Wildman–Crippen LogP) is 5.90. The van der Waals surface area contributed by atoms with Crippen molar-refractivity contribution >= 4 is 37.5 Å². The summed E-state index contributed by atoms with van der Waals surface area (Å²) in [5.74, 6) is 0.818. The summed E-state index contributed by atoms with van der Waals surface area (Å²) in [6.07, 6.45) is 6.95. The Morgan fingerprint density at radius 1 is 1.11 bits per heavy atom. The lowest BCUT2D eigenvalue weighted by molar-refractivity contribution is 0.328. The average Bonchev–Trinajstić information content (AvgIpc) is 2.34. The van der Waals surface area contributed by atoms with Crippen molar-refractivity contribution in [3.05, 3.63) is 26.6 Å². The van der Waals surface area contributed by atoms with Crippen LogP contribution in [0.5, 0.6) is 0 Å². The van der Waals surface area contributed by atoms with Crippen LogP contribution in [0, 0.1) is 12.8 Å². The van der Waals surface area contributed by atoms with Crippen LogP contribution >= 0.6 is 31.9 Å². The minimum atomic E-state index is 0.542. The second kappa shape index (κ2) is 6.42. The van der Waals surface area contributed by atoms with E-state index in [-0.39, 0.29) is 0 Å². The van der Waals surface area contributed by atoms with Gasteiger partial charge in [-0.1, -0.05) is 19.3 Å². The van der Waals surface area contributed by atoms with E-state index < -0.39 is 0 Å². The molecule has 3 heteroatoms. The molecule has 0 bridgehead atoms. The van der Waals surface area contributed by atoms with E-state index in [2.05, 4.69) is 63.2 Å². The summed E-state index contributed by atoms with van der Waals surface area (Å²) in [7, 11) is 0. The molecule has 2 rings (SSSR count). The molecular formula is C15H21Br2N. The standard InChI is InChI=1S/C15H21Br2N/c1-10-8-13(16)15(14(17)9-10)18-11(2)12-6-4-3-5-7-12/h8-9,11-12,18H,3-7H2,1-2H3. The van der Waals surface area contributed by atoms with Crippen LogP contribution in [0.3, 0.4) is 0 Å². The molecule has 0 heterocycles. The number of anilines is 1. The Kier molecular flexibility index (Phi) is 5.14. The molecule has 1 aliphatic carbocycles. The summed E-state index contributed by atoms with van der Waals surface area (Å²) in [6.45, 7) is 4.43. The number of hydrogen-bond donors (Lipinski definition) is 1. The third kappa shape index (κ3) is 3.51. The van der Waals surface area contributed by atoms with Gasteiger partial charge in [-0.3, -0.25) is 0 Å². The maximum absolute atomic E-state index is 3.68. The number of nitrogens with one attached hydrogen (secondary N) is 1. The Bertz CT molecular complexity index is 388. The molecule has 1 fully saturated rings. The maximum atomic E-state index is 3.68. The fraction of sp³-hybridized carbons (Fsp3) is 0.600. The summed E-state index contributed by atoms with van der Waals surface area (Å²) in [5, 5.41) is 3.68. The van der Waals surface area contributed by atoms with Crippen molar-refractivity contribution in [3.8, 4) is 0 Å². The van der Waals surface area contributed by atoms with Gasteiger partial charge < -0.3 is 5.32 Å². The van der Waals surface area contributed by atoms with Crippen LogP contribution in [0.15, 0.2) is 21.1 Å². The van der Waals surface area contributed by atoms with Crippen molar-refractivity contribution in [1.29, 1.82) is 0 Å². The Morgan fingerprint density at radius 3 is 2.22 bits per heavy atom. The molecule has 1 aliphatic rings. The van der Waals surface area contributed by atoms with Crippen molar-refractivity contribution in [2.75, 3.05) is 5.32 Å². The van der Waals surface area contributed by atoms with E-state index in [4.69, 9.17) is 0 Å². The third-order valence-electron chi connectivity index (χ3n) is 3.92. The van der Waals surface area contributed by atoms with Crippen molar-refractivity contribution in [2.45, 2.75) is 52.0 Å². The van der Waals surface area contributed by atoms with Gasteiger partial charge >= 0.3 is 0 Å². The van der Waals surface area contributed by atoms with E-state index >= 15 is 0 Å². The minimum absolute atomic E-state index is 0.542. The van der Waals surface area contributed by atoms with Gasteiger partial charge in [0, 0.05) is 15.0 Å². The van der Waals surface area contributed by atoms with Gasteiger partial charge in [-0.2, -0.15) is 0 Å². The second-order valence-electron chi connectivity index (χ2n) is 5.43. The second-order valence-corrected chi connectivity index (χ2v) is 7.14. The van der Waals surface area contributed by atoms with Crippen molar-refractivity contribution < 1.29 is 0 Å². The predicted molar refractivity (Wildman–Crippen MR) is 86.2 cm³/mol. The molecule has 0 radical (unpaired) electrons. The first-order valence-corrected chi connectivity index (χ1v) is 8.38. The number of benzene rings is 1. The molecule has 1 saturated carbocycles. The first-order valence-electron chi connectivity index (χ1n) is 6.80. The zero-order valence-electron chi connectivity index (χ0n) is 11.1. The van der Waals surface area contributed by atoms with Crippen LogP contribution in [0.2, 0.25) is 0 Å². The smallest absolute Gasteiger partial charge is 0.0631 e. The number of halogens is 2. The van der Waals surface area contributed by atoms with E-state index in [0.29, 0.717) is 6.04 Å². The highest BCUT2D eigenvalue weighted by atomic mass is 79.9. The Labute approximate surface area is 127 Å². The van der Waals surface area contributed by atoms with Crippen molar-refractivity contribution in [3.63, 3.8) is 0 Å². The van der Waals surface area contributed by atoms with Gasteiger partial charge in [-0.05, 0) is 82.2 Å². The lowest BCUT2D eigenvalue weighted by atomic mass is 9.84. The first kappa shape index (κ1) is 14.4. The van der Waals surface area contributed by atoms with Gasteiger partial charge in [0.15, 0.2) is 0 Å². The Hall–Kier alpha value is -0.0200. The SMILES string of the molecule is Cc1cc(Br)c(NC(C)C2CCCCC2)c(Br)c1. The molecule has 0 amide bonds. The van der Waals surface area contributed by atoms with Crippen molar-refractivity contribution in [1.82, 2.24) is 0 Å². The zero-order valence-corrected chi connectivity index (χ0v) is 14.3. The Balaban J connectivity index is 2.08. The fourth-order valence-corrected chi connectivity index (χ4v) is 4.46. The zero-order chi connectivity index (χ0) is 13.1. The summed E-state index contributed by atoms with van der Waals surface area (Å²) in [6, 6.07) is 4.88. The van der Waals surface area contributed by atoms with Crippen LogP contribution in [-0.4, -0.2) is 6.04 Å². The van der Waals surface area contributed by atoms with E-state index in [0.717, 1.165) is 14.9 Å². The van der Waals surface area contributed by atoms with Gasteiger partial charge in [-0.15, -0.1) is 0 Å². The minimum Gasteiger partial charge on any atom is -0.380 e. The quantitative estimate of drug-likeness (QED) is 0.694. The summed E-state index contributed by atoms with van der Waals surface area (Å²) < 4.78 is 2.30. The van der Waals surface area contributed by atoms with Gasteiger partial charge in [-0.25, -0.2) is 0 Å². The van der Waals surface area contributed by atoms with E-state index in [1.165, 1.54) is 43.4 Å². The van der Waals surface area contributed by atoms with E-state index in [1.807, 2.05) is 0 Å². The lowest BCUT2D eigenvalue weighted by Gasteiger charge is -2.29. The summed E-state index contributed by atoms with van der Waals surface area (Å²) in [5.41, 5.74) is 2.46. The van der Waals surface area contributed by atoms with Gasteiger partial charge in [0.1, 0.15) is 0 Å². The normalized spacial score (nSPS) is 18.7. The van der Waals surface area contributed by atoms with Crippen LogP contribution in [-0.2, 0) is 0 Å². The summed E-state index contributed by atoms with van der Waals surface area (Å²) >= 11 is 7.32. The van der Waals surface area contributed by atoms with Gasteiger partial charge in [0.05, 0.1) is 5.69 Å². The third-order valence-corrected chi connectivity index (χ3v) is 5.17. The highest BCUT2D eigenvalue weighted by molar-refractivity contribution is 9.11. The first-order chi connectivity index (χ1) is 8.58. The molecule has 1 atom stereocenters. The molecular weight excluding hydrogens is 354 g/mol. The molecule has 0 aliphatic heterocycles. The van der Waals surface area contributed by atoms with Crippen LogP contribution in [0.4, 0.5) is 5.69 Å². The van der Waals surface area contributed by atoms with Crippen LogP contribution in [0.25, 0.3) is 0 Å². The molecule has 1 nitrogen and oxygen atoms in total. The highest BCUT2D eigenvalue weighted by Crippen LogP contribution is 2.35. The lowest BCUT2D eigenvalue weighted by Crippen LogP contribution is -2.28. The van der Waals surface area contributed by atoms with Crippen LogP contribution < -0.4 is 5.32 Å². The maximum Gasteiger partial charge on any atom is 0.0631 e. The molecule has 100 valence electrons. The van der Waals surface area contributed by atoms with Gasteiger partial charge in [0.25, 0.3) is 0 Å². The molecule has 0 spiro atoms.